The van der Waals surface area contributed by atoms with E-state index in [1.54, 1.807) is 0 Å². The van der Waals surface area contributed by atoms with Gasteiger partial charge in [-0.25, -0.2) is 0 Å². The Morgan fingerprint density at radius 2 is 2.32 bits per heavy atom. The van der Waals surface area contributed by atoms with Crippen LogP contribution in [0.15, 0.2) is 5.11 Å². The Balaban J connectivity index is 2.82. The maximum atomic E-state index is 10.9. The molecular formula is C8H13N3O7P-. The molecule has 0 saturated carbocycles. The predicted octanol–water partition coefficient (Wildman–Crippen LogP) is 0.209. The molecule has 1 aliphatic heterocycles. The number of phosphoric acid groups is 1. The summed E-state index contributed by atoms with van der Waals surface area (Å²) < 4.78 is 25.0. The molecule has 0 aromatic rings. The van der Waals surface area contributed by atoms with Gasteiger partial charge in [0.1, 0.15) is 6.10 Å². The lowest BCUT2D eigenvalue weighted by molar-refractivity contribution is -0.258. The molecule has 1 unspecified atom stereocenters. The van der Waals surface area contributed by atoms with Gasteiger partial charge < -0.3 is 19.3 Å². The first-order chi connectivity index (χ1) is 8.73. The lowest BCUT2D eigenvalue weighted by Gasteiger charge is -2.38. The van der Waals surface area contributed by atoms with E-state index in [0.717, 1.165) is 0 Å². The molecule has 0 bridgehead atoms. The summed E-state index contributed by atoms with van der Waals surface area (Å²) in [6, 6.07) is -0.853. The maximum Gasteiger partial charge on any atom is 0.303 e. The van der Waals surface area contributed by atoms with Crippen molar-refractivity contribution >= 4 is 13.8 Å². The van der Waals surface area contributed by atoms with Gasteiger partial charge in [0.05, 0.1) is 12.1 Å². The van der Waals surface area contributed by atoms with Crippen molar-refractivity contribution in [1.29, 1.82) is 0 Å². The number of nitrogens with zero attached hydrogens (tertiary/aromatic N) is 3. The fourth-order valence-corrected chi connectivity index (χ4v) is 2.21. The number of esters is 1. The minimum absolute atomic E-state index is 0.168. The van der Waals surface area contributed by atoms with E-state index < -0.39 is 38.3 Å². The number of rotatable bonds is 4. The van der Waals surface area contributed by atoms with Crippen LogP contribution in [-0.2, 0) is 23.4 Å². The minimum atomic E-state index is -4.97. The number of ether oxygens (including phenoxy) is 2. The highest BCUT2D eigenvalue weighted by Gasteiger charge is 2.39. The lowest BCUT2D eigenvalue weighted by Crippen LogP contribution is -2.48. The van der Waals surface area contributed by atoms with E-state index in [1.165, 1.54) is 13.8 Å². The summed E-state index contributed by atoms with van der Waals surface area (Å²) in [5.74, 6) is -0.588. The Bertz CT molecular complexity index is 432. The molecule has 0 aromatic heterocycles. The van der Waals surface area contributed by atoms with Crippen molar-refractivity contribution < 1.29 is 33.1 Å². The quantitative estimate of drug-likeness (QED) is 0.255. The van der Waals surface area contributed by atoms with Crippen molar-refractivity contribution in [3.05, 3.63) is 10.4 Å². The van der Waals surface area contributed by atoms with Gasteiger partial charge in [-0.05, 0) is 12.5 Å². The molecule has 0 radical (unpaired) electrons. The van der Waals surface area contributed by atoms with E-state index >= 15 is 0 Å². The average molecular weight is 294 g/mol. The molecule has 1 rings (SSSR count). The molecule has 11 heteroatoms. The van der Waals surface area contributed by atoms with Crippen LogP contribution >= 0.6 is 7.82 Å². The van der Waals surface area contributed by atoms with Gasteiger partial charge in [0, 0.05) is 18.3 Å². The van der Waals surface area contributed by atoms with Crippen LogP contribution in [0.2, 0.25) is 0 Å². The summed E-state index contributed by atoms with van der Waals surface area (Å²) in [5, 5.41) is 3.42. The molecule has 19 heavy (non-hydrogen) atoms. The van der Waals surface area contributed by atoms with Crippen LogP contribution in [0.4, 0.5) is 0 Å². The lowest BCUT2D eigenvalue weighted by atomic mass is 10.0. The second kappa shape index (κ2) is 6.33. The first-order valence-corrected chi connectivity index (χ1v) is 6.81. The fourth-order valence-electron chi connectivity index (χ4n) is 1.78. The number of carbonyl (C=O) groups is 1. The second-order valence-electron chi connectivity index (χ2n) is 3.93. The fraction of sp³-hybridized carbons (Fsp3) is 0.875. The van der Waals surface area contributed by atoms with Crippen molar-refractivity contribution in [3.8, 4) is 0 Å². The van der Waals surface area contributed by atoms with Crippen LogP contribution in [0.1, 0.15) is 20.3 Å². The Hall–Kier alpha value is -1.15. The number of hydrogen-bond donors (Lipinski definition) is 1. The van der Waals surface area contributed by atoms with Crippen molar-refractivity contribution in [1.82, 2.24) is 0 Å². The highest BCUT2D eigenvalue weighted by Crippen LogP contribution is 2.37. The van der Waals surface area contributed by atoms with E-state index in [9.17, 15) is 14.3 Å². The third kappa shape index (κ3) is 5.15. The molecule has 10 nitrogen and oxygen atoms in total. The zero-order valence-corrected chi connectivity index (χ0v) is 11.1. The van der Waals surface area contributed by atoms with Gasteiger partial charge in [0.15, 0.2) is 6.29 Å². The van der Waals surface area contributed by atoms with E-state index in [2.05, 4.69) is 14.5 Å². The molecule has 0 spiro atoms. The van der Waals surface area contributed by atoms with Crippen molar-refractivity contribution in [2.24, 2.45) is 5.11 Å². The van der Waals surface area contributed by atoms with Crippen molar-refractivity contribution in [2.45, 2.75) is 44.8 Å². The summed E-state index contributed by atoms with van der Waals surface area (Å²) in [4.78, 5) is 32.7. The number of phosphoric ester groups is 1. The topological polar surface area (TPSA) is 154 Å². The zero-order chi connectivity index (χ0) is 14.6. The van der Waals surface area contributed by atoms with Gasteiger partial charge >= 0.3 is 5.97 Å². The Kier molecular flexibility index (Phi) is 5.30. The van der Waals surface area contributed by atoms with Gasteiger partial charge in [-0.2, -0.15) is 0 Å². The molecule has 0 aliphatic carbocycles. The van der Waals surface area contributed by atoms with Gasteiger partial charge in [0.2, 0.25) is 0 Å². The summed E-state index contributed by atoms with van der Waals surface area (Å²) in [7, 11) is -4.97. The van der Waals surface area contributed by atoms with Gasteiger partial charge in [0.25, 0.3) is 7.82 Å². The third-order valence-electron chi connectivity index (χ3n) is 2.40. The number of azide groups is 1. The van der Waals surface area contributed by atoms with Crippen LogP contribution in [0, 0.1) is 0 Å². The molecule has 0 amide bonds. The molecule has 1 fully saturated rings. The largest absolute Gasteiger partial charge is 0.756 e. The van der Waals surface area contributed by atoms with E-state index in [4.69, 9.17) is 19.9 Å². The predicted molar refractivity (Wildman–Crippen MR) is 58.4 cm³/mol. The smallest absolute Gasteiger partial charge is 0.303 e. The number of carbonyl (C=O) groups excluding carboxylic acids is 1. The summed E-state index contributed by atoms with van der Waals surface area (Å²) in [6.07, 6.45) is -3.08. The van der Waals surface area contributed by atoms with Crippen LogP contribution in [0.5, 0.6) is 0 Å². The number of hydrogen-bond acceptors (Lipinski definition) is 7. The molecule has 5 atom stereocenters. The van der Waals surface area contributed by atoms with Gasteiger partial charge in [-0.15, -0.1) is 0 Å². The summed E-state index contributed by atoms with van der Waals surface area (Å²) in [6.45, 7) is 2.68. The van der Waals surface area contributed by atoms with Gasteiger partial charge in [-0.1, -0.05) is 5.11 Å². The van der Waals surface area contributed by atoms with E-state index in [-0.39, 0.29) is 6.42 Å². The summed E-state index contributed by atoms with van der Waals surface area (Å²) >= 11 is 0. The third-order valence-corrected chi connectivity index (χ3v) is 2.90. The van der Waals surface area contributed by atoms with E-state index in [0.29, 0.717) is 0 Å². The maximum absolute atomic E-state index is 10.9. The summed E-state index contributed by atoms with van der Waals surface area (Å²) in [5.41, 5.74) is 8.45. The normalized spacial score (nSPS) is 33.9. The van der Waals surface area contributed by atoms with Gasteiger partial charge in [-0.3, -0.25) is 13.9 Å². The van der Waals surface area contributed by atoms with Crippen LogP contribution in [0.3, 0.4) is 0 Å². The Morgan fingerprint density at radius 3 is 2.79 bits per heavy atom. The highest BCUT2D eigenvalue weighted by molar-refractivity contribution is 7.44. The van der Waals surface area contributed by atoms with Crippen LogP contribution in [0.25, 0.3) is 10.4 Å². The van der Waals surface area contributed by atoms with Crippen LogP contribution < -0.4 is 4.89 Å². The molecule has 0 aromatic carbocycles. The SMILES string of the molecule is CC(=O)O[C@@H]1[C@@H](N=[N+]=[N-])C[C@H](OP(=O)([O-])O)O[C@H]1C. The molecule has 1 saturated heterocycles. The van der Waals surface area contributed by atoms with Crippen LogP contribution in [-0.4, -0.2) is 35.4 Å². The Morgan fingerprint density at radius 1 is 1.68 bits per heavy atom. The Labute approximate surface area is 108 Å². The molecule has 108 valence electrons. The molecule has 1 N–H and O–H groups in total. The average Bonchev–Trinajstić information content (AvgIpc) is 2.20. The second-order valence-corrected chi connectivity index (χ2v) is 5.07. The highest BCUT2D eigenvalue weighted by atomic mass is 31.2. The first-order valence-electron chi connectivity index (χ1n) is 5.32. The zero-order valence-electron chi connectivity index (χ0n) is 10.2. The standard InChI is InChI=1S/C8H14N3O7P/c1-4-8(17-5(2)12)6(10-11-9)3-7(16-4)18-19(13,14)15/h4,6-8H,3H2,1-2H3,(H2,13,14,15)/p-1/t4-,6-,7-,8-/m0/s1. The van der Waals surface area contributed by atoms with Crippen molar-refractivity contribution in [3.63, 3.8) is 0 Å². The molecule has 1 aliphatic rings. The monoisotopic (exact) mass is 294 g/mol. The minimum Gasteiger partial charge on any atom is -0.756 e. The molecular weight excluding hydrogens is 281 g/mol. The van der Waals surface area contributed by atoms with E-state index in [1.807, 2.05) is 0 Å². The van der Waals surface area contributed by atoms with Crippen molar-refractivity contribution in [2.75, 3.05) is 0 Å². The molecule has 1 heterocycles. The first kappa shape index (κ1) is 15.9.